The minimum atomic E-state index is -1.06. The minimum absolute atomic E-state index is 0.168. The van der Waals surface area contributed by atoms with Crippen molar-refractivity contribution < 1.29 is 24.2 Å². The summed E-state index contributed by atoms with van der Waals surface area (Å²) in [6, 6.07) is 10.8. The Morgan fingerprint density at radius 1 is 1.23 bits per heavy atom. The summed E-state index contributed by atoms with van der Waals surface area (Å²) in [5, 5.41) is 10.3. The maximum atomic E-state index is 12.2. The maximum Gasteiger partial charge on any atom is 0.344 e. The van der Waals surface area contributed by atoms with Gasteiger partial charge in [0.05, 0.1) is 10.6 Å². The molecule has 0 aliphatic heterocycles. The predicted molar refractivity (Wildman–Crippen MR) is 120 cm³/mol. The fourth-order valence-corrected chi connectivity index (χ4v) is 3.61. The quantitative estimate of drug-likeness (QED) is 0.386. The molecule has 1 aromatic heterocycles. The van der Waals surface area contributed by atoms with E-state index < -0.39 is 12.1 Å². The number of carbonyl (C=O) groups excluding carboxylic acids is 1. The highest BCUT2D eigenvalue weighted by atomic mass is 35.5. The maximum absolute atomic E-state index is 12.2. The first-order chi connectivity index (χ1) is 14.7. The fraction of sp³-hybridized carbons (Fsp3) is 0.250. The molecule has 1 N–H and O–H groups in total. The molecule has 0 saturated heterocycles. The predicted octanol–water partition coefficient (Wildman–Crippen LogP) is 5.15. The van der Waals surface area contributed by atoms with E-state index in [2.05, 4.69) is 11.1 Å². The van der Waals surface area contributed by atoms with Crippen molar-refractivity contribution in [3.63, 3.8) is 0 Å². The zero-order valence-electron chi connectivity index (χ0n) is 17.6. The molecule has 31 heavy (non-hydrogen) atoms. The van der Waals surface area contributed by atoms with Gasteiger partial charge in [0.1, 0.15) is 12.4 Å². The lowest BCUT2D eigenvalue weighted by Crippen LogP contribution is -2.23. The number of carboxylic acid groups (broad SMARTS) is 1. The lowest BCUT2D eigenvalue weighted by atomic mass is 10.1. The van der Waals surface area contributed by atoms with E-state index in [0.29, 0.717) is 22.9 Å². The first kappa shape index (κ1) is 22.4. The number of hydrogen-bond donors (Lipinski definition) is 1. The van der Waals surface area contributed by atoms with Gasteiger partial charge in [0, 0.05) is 23.1 Å². The number of ether oxygens (including phenoxy) is 2. The highest BCUT2D eigenvalue weighted by molar-refractivity contribution is 6.32. The summed E-state index contributed by atoms with van der Waals surface area (Å²) in [5.74, 6) is -1.12. The van der Waals surface area contributed by atoms with E-state index in [1.165, 1.54) is 13.0 Å². The van der Waals surface area contributed by atoms with Crippen LogP contribution in [0.5, 0.6) is 5.75 Å². The molecule has 3 aromatic rings. The number of carbonyl (C=O) groups is 2. The van der Waals surface area contributed by atoms with E-state index in [9.17, 15) is 9.59 Å². The zero-order valence-corrected chi connectivity index (χ0v) is 18.4. The summed E-state index contributed by atoms with van der Waals surface area (Å²) in [6.45, 7) is 9.78. The molecule has 0 amide bonds. The Labute approximate surface area is 185 Å². The van der Waals surface area contributed by atoms with Crippen molar-refractivity contribution in [1.82, 2.24) is 4.57 Å². The van der Waals surface area contributed by atoms with Crippen LogP contribution in [0, 0.1) is 13.8 Å². The number of aryl methyl sites for hydroxylation is 1. The van der Waals surface area contributed by atoms with E-state index >= 15 is 0 Å². The van der Waals surface area contributed by atoms with Crippen LogP contribution in [0.15, 0.2) is 49.1 Å². The number of fused-ring (bicyclic) bond motifs is 1. The van der Waals surface area contributed by atoms with Crippen molar-refractivity contribution in [2.75, 3.05) is 6.61 Å². The SMILES string of the molecule is C=CCOC(=O)c1ccc2c(c1)c(C)c(C)n2Cc1ccc(O[C@H](C)C(=O)O)c(Cl)c1. The smallest absolute Gasteiger partial charge is 0.344 e. The molecule has 0 unspecified atom stereocenters. The Balaban J connectivity index is 1.90. The number of benzene rings is 2. The van der Waals surface area contributed by atoms with Gasteiger partial charge in [-0.05, 0) is 62.2 Å². The number of rotatable bonds is 8. The average molecular weight is 442 g/mol. The Morgan fingerprint density at radius 2 is 1.97 bits per heavy atom. The number of halogens is 1. The zero-order chi connectivity index (χ0) is 22.7. The second kappa shape index (κ2) is 9.27. The molecule has 0 bridgehead atoms. The van der Waals surface area contributed by atoms with E-state index in [1.54, 1.807) is 18.2 Å². The lowest BCUT2D eigenvalue weighted by Gasteiger charge is -2.14. The molecule has 1 atom stereocenters. The van der Waals surface area contributed by atoms with Crippen LogP contribution in [0.1, 0.15) is 34.1 Å². The van der Waals surface area contributed by atoms with E-state index in [1.807, 2.05) is 32.0 Å². The standard InChI is InChI=1S/C24H24ClNO5/c1-5-10-30-24(29)18-7-8-21-19(12-18)14(2)15(3)26(21)13-17-6-9-22(20(25)11-17)31-16(4)23(27)28/h5-9,11-12,16H,1,10,13H2,2-4H3,(H,27,28)/t16-/m1/s1. The number of nitrogens with zero attached hydrogens (tertiary/aromatic N) is 1. The Bertz CT molecular complexity index is 1160. The van der Waals surface area contributed by atoms with E-state index in [0.717, 1.165) is 27.7 Å². The first-order valence-electron chi connectivity index (χ1n) is 9.78. The third kappa shape index (κ3) is 4.75. The van der Waals surface area contributed by atoms with Crippen LogP contribution in [0.2, 0.25) is 5.02 Å². The summed E-state index contributed by atoms with van der Waals surface area (Å²) in [6.07, 6.45) is 0.542. The fourth-order valence-electron chi connectivity index (χ4n) is 3.36. The lowest BCUT2D eigenvalue weighted by molar-refractivity contribution is -0.144. The Kier molecular flexibility index (Phi) is 6.71. The van der Waals surface area contributed by atoms with Crippen LogP contribution in [-0.2, 0) is 16.1 Å². The largest absolute Gasteiger partial charge is 0.479 e. The third-order valence-corrected chi connectivity index (χ3v) is 5.49. The van der Waals surface area contributed by atoms with Crippen LogP contribution in [-0.4, -0.2) is 34.3 Å². The number of hydrogen-bond acceptors (Lipinski definition) is 4. The van der Waals surface area contributed by atoms with Gasteiger partial charge in [0.25, 0.3) is 0 Å². The normalized spacial score (nSPS) is 11.9. The molecular weight excluding hydrogens is 418 g/mol. The molecule has 0 radical (unpaired) electrons. The molecule has 3 rings (SSSR count). The van der Waals surface area contributed by atoms with Gasteiger partial charge in [0.15, 0.2) is 6.10 Å². The number of aromatic nitrogens is 1. The molecule has 2 aromatic carbocycles. The first-order valence-corrected chi connectivity index (χ1v) is 10.2. The monoisotopic (exact) mass is 441 g/mol. The molecule has 0 aliphatic rings. The van der Waals surface area contributed by atoms with Gasteiger partial charge in [-0.3, -0.25) is 0 Å². The van der Waals surface area contributed by atoms with Gasteiger partial charge in [-0.1, -0.05) is 30.3 Å². The van der Waals surface area contributed by atoms with Gasteiger partial charge in [-0.2, -0.15) is 0 Å². The molecule has 0 saturated carbocycles. The van der Waals surface area contributed by atoms with Crippen molar-refractivity contribution >= 4 is 34.4 Å². The molecule has 0 fully saturated rings. The Morgan fingerprint density at radius 3 is 2.61 bits per heavy atom. The average Bonchev–Trinajstić information content (AvgIpc) is 2.98. The van der Waals surface area contributed by atoms with Gasteiger partial charge < -0.3 is 19.1 Å². The summed E-state index contributed by atoms with van der Waals surface area (Å²) >= 11 is 6.32. The molecule has 6 nitrogen and oxygen atoms in total. The van der Waals surface area contributed by atoms with Crippen LogP contribution in [0.4, 0.5) is 0 Å². The summed E-state index contributed by atoms with van der Waals surface area (Å²) < 4.78 is 12.7. The molecule has 1 heterocycles. The van der Waals surface area contributed by atoms with Crippen LogP contribution in [0.3, 0.4) is 0 Å². The van der Waals surface area contributed by atoms with E-state index in [-0.39, 0.29) is 12.6 Å². The minimum Gasteiger partial charge on any atom is -0.479 e. The summed E-state index contributed by atoms with van der Waals surface area (Å²) in [7, 11) is 0. The third-order valence-electron chi connectivity index (χ3n) is 5.20. The number of esters is 1. The van der Waals surface area contributed by atoms with Crippen molar-refractivity contribution in [2.45, 2.75) is 33.4 Å². The van der Waals surface area contributed by atoms with Crippen LogP contribution >= 0.6 is 11.6 Å². The second-order valence-electron chi connectivity index (χ2n) is 7.28. The number of aliphatic carboxylic acids is 1. The summed E-state index contributed by atoms with van der Waals surface area (Å²) in [4.78, 5) is 23.2. The highest BCUT2D eigenvalue weighted by Gasteiger charge is 2.17. The topological polar surface area (TPSA) is 77.8 Å². The molecule has 0 spiro atoms. The highest BCUT2D eigenvalue weighted by Crippen LogP contribution is 2.30. The van der Waals surface area contributed by atoms with E-state index in [4.69, 9.17) is 26.2 Å². The van der Waals surface area contributed by atoms with Gasteiger partial charge in [-0.15, -0.1) is 0 Å². The van der Waals surface area contributed by atoms with Crippen molar-refractivity contribution in [1.29, 1.82) is 0 Å². The van der Waals surface area contributed by atoms with Gasteiger partial charge >= 0.3 is 11.9 Å². The summed E-state index contributed by atoms with van der Waals surface area (Å²) in [5.41, 5.74) is 4.57. The van der Waals surface area contributed by atoms with Crippen molar-refractivity contribution in [2.24, 2.45) is 0 Å². The second-order valence-corrected chi connectivity index (χ2v) is 7.69. The van der Waals surface area contributed by atoms with Crippen molar-refractivity contribution in [3.8, 4) is 5.75 Å². The molecule has 7 heteroatoms. The van der Waals surface area contributed by atoms with Crippen molar-refractivity contribution in [3.05, 3.63) is 76.5 Å². The van der Waals surface area contributed by atoms with Crippen LogP contribution < -0.4 is 4.74 Å². The van der Waals surface area contributed by atoms with Gasteiger partial charge in [0.2, 0.25) is 0 Å². The molecular formula is C24H24ClNO5. The van der Waals surface area contributed by atoms with Crippen LogP contribution in [0.25, 0.3) is 10.9 Å². The number of carboxylic acids is 1. The molecule has 0 aliphatic carbocycles. The Hall–Kier alpha value is -3.25. The molecule has 162 valence electrons. The van der Waals surface area contributed by atoms with Gasteiger partial charge in [-0.25, -0.2) is 9.59 Å².